The first-order valence-corrected chi connectivity index (χ1v) is 13.8. The average molecular weight is 508 g/mol. The fourth-order valence-corrected chi connectivity index (χ4v) is 6.95. The average Bonchev–Trinajstić information content (AvgIpc) is 3.27. The van der Waals surface area contributed by atoms with E-state index in [0.29, 0.717) is 10.7 Å². The van der Waals surface area contributed by atoms with Crippen molar-refractivity contribution in [2.24, 2.45) is 0 Å². The van der Waals surface area contributed by atoms with Gasteiger partial charge in [0, 0.05) is 40.2 Å². The molecule has 1 aliphatic rings. The fourth-order valence-electron chi connectivity index (χ4n) is 3.70. The maximum Gasteiger partial charge on any atom is 0.257 e. The molecule has 0 radical (unpaired) electrons. The van der Waals surface area contributed by atoms with Crippen molar-refractivity contribution in [3.8, 4) is 11.3 Å². The summed E-state index contributed by atoms with van der Waals surface area (Å²) in [4.78, 5) is 19.9. The lowest BCUT2D eigenvalue weighted by molar-refractivity contribution is 0.102. The van der Waals surface area contributed by atoms with E-state index in [0.717, 1.165) is 27.5 Å². The number of rotatable bonds is 6. The van der Waals surface area contributed by atoms with Crippen LogP contribution in [0.25, 0.3) is 11.3 Å². The summed E-state index contributed by atoms with van der Waals surface area (Å²) in [7, 11) is -2.13. The van der Waals surface area contributed by atoms with Crippen molar-refractivity contribution in [1.29, 1.82) is 0 Å². The van der Waals surface area contributed by atoms with E-state index < -0.39 is 10.0 Å². The molecule has 4 aromatic rings. The molecule has 0 fully saturated rings. The molecule has 1 amide bonds. The molecule has 3 aromatic carbocycles. The first-order valence-electron chi connectivity index (χ1n) is 10.6. The van der Waals surface area contributed by atoms with Gasteiger partial charge in [0.1, 0.15) is 0 Å². The summed E-state index contributed by atoms with van der Waals surface area (Å²) in [5, 5.41) is 3.39. The van der Waals surface area contributed by atoms with Crippen molar-refractivity contribution in [2.75, 3.05) is 12.4 Å². The molecule has 9 heteroatoms. The summed E-state index contributed by atoms with van der Waals surface area (Å²) in [6.07, 6.45) is 0. The van der Waals surface area contributed by atoms with Gasteiger partial charge in [0.2, 0.25) is 10.0 Å². The summed E-state index contributed by atoms with van der Waals surface area (Å²) >= 11 is 3.23. The Morgan fingerprint density at radius 3 is 2.47 bits per heavy atom. The molecule has 2 heterocycles. The quantitative estimate of drug-likeness (QED) is 0.373. The maximum atomic E-state index is 12.9. The van der Waals surface area contributed by atoms with Gasteiger partial charge >= 0.3 is 0 Å². The number of hydrogen-bond acceptors (Lipinski definition) is 6. The lowest BCUT2D eigenvalue weighted by Crippen LogP contribution is -2.26. The fraction of sp³-hybridized carbons (Fsp3) is 0.120. The standard InChI is InChI=1S/C25H21N3O3S3/c1-28(15-17-7-3-2-4-8-17)34(30,31)19-13-11-18(12-14-19)24(29)27-25-26-23-20-9-5-6-10-21(20)32-16-22(23)33-25/h2-14H,15-16H2,1H3,(H,26,27,29). The summed E-state index contributed by atoms with van der Waals surface area (Å²) in [5.74, 6) is 0.497. The zero-order chi connectivity index (χ0) is 23.7. The smallest absolute Gasteiger partial charge is 0.257 e. The summed E-state index contributed by atoms with van der Waals surface area (Å²) in [5.41, 5.74) is 3.27. The highest BCUT2D eigenvalue weighted by molar-refractivity contribution is 7.98. The van der Waals surface area contributed by atoms with Crippen LogP contribution in [0.2, 0.25) is 0 Å². The van der Waals surface area contributed by atoms with Crippen LogP contribution in [0, 0.1) is 0 Å². The lowest BCUT2D eigenvalue weighted by atomic mass is 10.1. The van der Waals surface area contributed by atoms with Crippen molar-refractivity contribution in [3.63, 3.8) is 0 Å². The Morgan fingerprint density at radius 1 is 1.00 bits per heavy atom. The SMILES string of the molecule is CN(Cc1ccccc1)S(=O)(=O)c1ccc(C(=O)Nc2nc3c(s2)CSc2ccccc2-3)cc1. The first-order chi connectivity index (χ1) is 16.4. The van der Waals surface area contributed by atoms with Crippen LogP contribution in [0.15, 0.2) is 88.7 Å². The molecule has 0 unspecified atom stereocenters. The van der Waals surface area contributed by atoms with E-state index in [1.54, 1.807) is 18.8 Å². The van der Waals surface area contributed by atoms with Gasteiger partial charge in [-0.3, -0.25) is 10.1 Å². The number of thioether (sulfide) groups is 1. The molecule has 0 spiro atoms. The second kappa shape index (κ2) is 9.34. The first kappa shape index (κ1) is 22.8. The molecule has 1 N–H and O–H groups in total. The summed E-state index contributed by atoms with van der Waals surface area (Å²) < 4.78 is 27.2. The van der Waals surface area contributed by atoms with Crippen LogP contribution in [-0.2, 0) is 22.3 Å². The van der Waals surface area contributed by atoms with Gasteiger partial charge < -0.3 is 0 Å². The molecule has 0 atom stereocenters. The predicted octanol–water partition coefficient (Wildman–Crippen LogP) is 5.49. The van der Waals surface area contributed by atoms with Crippen molar-refractivity contribution in [2.45, 2.75) is 22.1 Å². The number of sulfonamides is 1. The van der Waals surface area contributed by atoms with Crippen molar-refractivity contribution in [3.05, 3.63) is 94.9 Å². The number of carbonyl (C=O) groups excluding carboxylic acids is 1. The third-order valence-electron chi connectivity index (χ3n) is 5.49. The van der Waals surface area contributed by atoms with Gasteiger partial charge in [-0.25, -0.2) is 13.4 Å². The number of anilines is 1. The van der Waals surface area contributed by atoms with Gasteiger partial charge in [-0.05, 0) is 35.9 Å². The number of hydrogen-bond donors (Lipinski definition) is 1. The summed E-state index contributed by atoms with van der Waals surface area (Å²) in [6.45, 7) is 0.265. The van der Waals surface area contributed by atoms with Crippen LogP contribution in [0.4, 0.5) is 5.13 Å². The molecule has 0 saturated carbocycles. The van der Waals surface area contributed by atoms with Gasteiger partial charge in [0.05, 0.1) is 10.6 Å². The number of thiazole rings is 1. The number of benzene rings is 3. The Hall–Kier alpha value is -2.98. The van der Waals surface area contributed by atoms with E-state index in [9.17, 15) is 13.2 Å². The van der Waals surface area contributed by atoms with Gasteiger partial charge in [-0.1, -0.05) is 48.5 Å². The topological polar surface area (TPSA) is 79.4 Å². The predicted molar refractivity (Wildman–Crippen MR) is 137 cm³/mol. The van der Waals surface area contributed by atoms with Crippen LogP contribution in [0.5, 0.6) is 0 Å². The highest BCUT2D eigenvalue weighted by Crippen LogP contribution is 2.44. The van der Waals surface area contributed by atoms with Crippen LogP contribution in [0.3, 0.4) is 0 Å². The summed E-state index contributed by atoms with van der Waals surface area (Å²) in [6, 6.07) is 23.5. The Kier molecular flexibility index (Phi) is 6.26. The molecule has 1 aromatic heterocycles. The van der Waals surface area contributed by atoms with Crippen molar-refractivity contribution in [1.82, 2.24) is 9.29 Å². The van der Waals surface area contributed by atoms with Crippen LogP contribution in [-0.4, -0.2) is 30.7 Å². The second-order valence-corrected chi connectivity index (χ2v) is 11.9. The molecule has 1 aliphatic heterocycles. The van der Waals surface area contributed by atoms with Crippen LogP contribution in [0.1, 0.15) is 20.8 Å². The number of fused-ring (bicyclic) bond motifs is 3. The van der Waals surface area contributed by atoms with Gasteiger partial charge in [-0.2, -0.15) is 4.31 Å². The van der Waals surface area contributed by atoms with E-state index >= 15 is 0 Å². The molecule has 0 bridgehead atoms. The molecule has 6 nitrogen and oxygen atoms in total. The van der Waals surface area contributed by atoms with Crippen molar-refractivity contribution >= 4 is 44.2 Å². The minimum absolute atomic E-state index is 0.140. The van der Waals surface area contributed by atoms with E-state index in [4.69, 9.17) is 0 Å². The Balaban J connectivity index is 1.30. The number of nitrogens with one attached hydrogen (secondary N) is 1. The molecular formula is C25H21N3O3S3. The molecule has 0 saturated heterocycles. The highest BCUT2D eigenvalue weighted by Gasteiger charge is 2.23. The van der Waals surface area contributed by atoms with E-state index in [-0.39, 0.29) is 17.3 Å². The Morgan fingerprint density at radius 2 is 1.71 bits per heavy atom. The number of nitrogens with zero attached hydrogens (tertiary/aromatic N) is 2. The van der Waals surface area contributed by atoms with E-state index in [1.807, 2.05) is 48.5 Å². The maximum absolute atomic E-state index is 12.9. The molecule has 0 aliphatic carbocycles. The number of aromatic nitrogens is 1. The van der Waals surface area contributed by atoms with Gasteiger partial charge in [0.25, 0.3) is 5.91 Å². The van der Waals surface area contributed by atoms with Crippen molar-refractivity contribution < 1.29 is 13.2 Å². The minimum Gasteiger partial charge on any atom is -0.298 e. The third kappa shape index (κ3) is 4.52. The zero-order valence-electron chi connectivity index (χ0n) is 18.3. The number of carbonyl (C=O) groups is 1. The molecule has 5 rings (SSSR count). The van der Waals surface area contributed by atoms with E-state index in [2.05, 4.69) is 16.4 Å². The van der Waals surface area contributed by atoms with Crippen LogP contribution >= 0.6 is 23.1 Å². The van der Waals surface area contributed by atoms with Gasteiger partial charge in [0.15, 0.2) is 5.13 Å². The Labute approximate surface area is 206 Å². The Bertz CT molecular complexity index is 1450. The lowest BCUT2D eigenvalue weighted by Gasteiger charge is -2.17. The molecule has 34 heavy (non-hydrogen) atoms. The molecular weight excluding hydrogens is 486 g/mol. The monoisotopic (exact) mass is 507 g/mol. The molecule has 172 valence electrons. The third-order valence-corrected chi connectivity index (χ3v) is 9.56. The van der Waals surface area contributed by atoms with Crippen LogP contribution < -0.4 is 5.32 Å². The highest BCUT2D eigenvalue weighted by atomic mass is 32.2. The number of amides is 1. The second-order valence-electron chi connectivity index (χ2n) is 7.80. The normalized spacial score (nSPS) is 12.8. The minimum atomic E-state index is -3.68. The largest absolute Gasteiger partial charge is 0.298 e. The van der Waals surface area contributed by atoms with Gasteiger partial charge in [-0.15, -0.1) is 23.1 Å². The van der Waals surface area contributed by atoms with E-state index in [1.165, 1.54) is 44.8 Å². The zero-order valence-corrected chi connectivity index (χ0v) is 20.7.